The van der Waals surface area contributed by atoms with E-state index < -0.39 is 23.3 Å². The molecule has 0 fully saturated rings. The van der Waals surface area contributed by atoms with E-state index in [1.54, 1.807) is 0 Å². The molecule has 0 saturated heterocycles. The Morgan fingerprint density at radius 2 is 2.11 bits per heavy atom. The number of hydrogen-bond donors (Lipinski definition) is 4. The topological polar surface area (TPSA) is 115 Å². The summed E-state index contributed by atoms with van der Waals surface area (Å²) in [6, 6.07) is 0. The number of hydrogen-bond acceptors (Lipinski definition) is 4. The molecule has 7 nitrogen and oxygen atoms in total. The van der Waals surface area contributed by atoms with Gasteiger partial charge in [-0.25, -0.2) is 4.79 Å². The van der Waals surface area contributed by atoms with Crippen LogP contribution < -0.4 is 16.6 Å². The Balaban J connectivity index is 2.61. The zero-order valence-electron chi connectivity index (χ0n) is 10.3. The van der Waals surface area contributed by atoms with Gasteiger partial charge in [0.25, 0.3) is 11.5 Å². The lowest BCUT2D eigenvalue weighted by atomic mass is 10.1. The van der Waals surface area contributed by atoms with E-state index in [1.165, 1.54) is 0 Å². The van der Waals surface area contributed by atoms with Crippen LogP contribution in [0.5, 0.6) is 0 Å². The van der Waals surface area contributed by atoms with Crippen molar-refractivity contribution in [1.82, 2.24) is 15.3 Å². The third-order valence-corrected chi connectivity index (χ3v) is 2.31. The van der Waals surface area contributed by atoms with E-state index in [1.807, 2.05) is 18.8 Å². The molecule has 100 valence electrons. The summed E-state index contributed by atoms with van der Waals surface area (Å²) in [5, 5.41) is 12.0. The standard InChI is InChI=1S/C11H17N3O4/c1-6(2)3-7(15)4-12-9(16)8-5-13-11(18)14-10(8)17/h5-7,15H,3-4H2,1-2H3,(H,12,16)(H2,13,14,17,18). The number of rotatable bonds is 5. The maximum absolute atomic E-state index is 11.6. The fourth-order valence-electron chi connectivity index (χ4n) is 1.51. The van der Waals surface area contributed by atoms with Gasteiger partial charge in [-0.05, 0) is 12.3 Å². The molecule has 7 heteroatoms. The van der Waals surface area contributed by atoms with E-state index in [4.69, 9.17) is 0 Å². The van der Waals surface area contributed by atoms with Gasteiger partial charge in [0.2, 0.25) is 0 Å². The van der Waals surface area contributed by atoms with Crippen LogP contribution in [0.15, 0.2) is 15.8 Å². The van der Waals surface area contributed by atoms with Gasteiger partial charge >= 0.3 is 5.69 Å². The average Bonchev–Trinajstić information content (AvgIpc) is 2.25. The van der Waals surface area contributed by atoms with E-state index in [0.717, 1.165) is 6.20 Å². The van der Waals surface area contributed by atoms with Crippen LogP contribution in [0.4, 0.5) is 0 Å². The van der Waals surface area contributed by atoms with Crippen LogP contribution in [0.1, 0.15) is 30.6 Å². The van der Waals surface area contributed by atoms with Gasteiger partial charge in [-0.15, -0.1) is 0 Å². The Bertz CT molecular complexity index is 518. The highest BCUT2D eigenvalue weighted by Gasteiger charge is 2.13. The number of nitrogens with one attached hydrogen (secondary N) is 3. The molecule has 1 atom stereocenters. The zero-order valence-corrected chi connectivity index (χ0v) is 10.3. The zero-order chi connectivity index (χ0) is 13.7. The van der Waals surface area contributed by atoms with Gasteiger partial charge in [-0.3, -0.25) is 14.6 Å². The smallest absolute Gasteiger partial charge is 0.325 e. The molecule has 0 bridgehead atoms. The second-order valence-electron chi connectivity index (χ2n) is 4.48. The van der Waals surface area contributed by atoms with Crippen LogP contribution in [-0.2, 0) is 0 Å². The summed E-state index contributed by atoms with van der Waals surface area (Å²) in [6.07, 6.45) is 0.948. The number of aromatic nitrogens is 2. The van der Waals surface area contributed by atoms with Crippen LogP contribution in [0.2, 0.25) is 0 Å². The maximum Gasteiger partial charge on any atom is 0.325 e. The molecule has 18 heavy (non-hydrogen) atoms. The van der Waals surface area contributed by atoms with Gasteiger partial charge in [0, 0.05) is 12.7 Å². The van der Waals surface area contributed by atoms with Crippen molar-refractivity contribution < 1.29 is 9.90 Å². The Labute approximate surface area is 103 Å². The Morgan fingerprint density at radius 1 is 1.44 bits per heavy atom. The molecule has 1 aromatic rings. The molecule has 0 aliphatic rings. The first-order chi connectivity index (χ1) is 8.40. The lowest BCUT2D eigenvalue weighted by molar-refractivity contribution is 0.0898. The molecule has 1 aromatic heterocycles. The normalized spacial score (nSPS) is 12.4. The highest BCUT2D eigenvalue weighted by molar-refractivity contribution is 5.93. The van der Waals surface area contributed by atoms with Gasteiger partial charge in [0.1, 0.15) is 5.56 Å². The first-order valence-electron chi connectivity index (χ1n) is 5.68. The van der Waals surface area contributed by atoms with Gasteiger partial charge in [-0.1, -0.05) is 13.8 Å². The third kappa shape index (κ3) is 4.17. The largest absolute Gasteiger partial charge is 0.391 e. The summed E-state index contributed by atoms with van der Waals surface area (Å²) < 4.78 is 0. The first-order valence-corrected chi connectivity index (χ1v) is 5.68. The Kier molecular flexibility index (Phi) is 4.85. The maximum atomic E-state index is 11.6. The minimum atomic E-state index is -0.755. The van der Waals surface area contributed by atoms with Crippen LogP contribution in [0.3, 0.4) is 0 Å². The molecule has 1 unspecified atom stereocenters. The van der Waals surface area contributed by atoms with Crippen LogP contribution in [0, 0.1) is 5.92 Å². The molecule has 0 radical (unpaired) electrons. The molecule has 0 spiro atoms. The SMILES string of the molecule is CC(C)CC(O)CNC(=O)c1c[nH]c(=O)[nH]c1=O. The number of amides is 1. The fraction of sp³-hybridized carbons (Fsp3) is 0.545. The van der Waals surface area contributed by atoms with Crippen molar-refractivity contribution in [2.45, 2.75) is 26.4 Å². The molecule has 1 amide bonds. The van der Waals surface area contributed by atoms with Gasteiger partial charge in [-0.2, -0.15) is 0 Å². The van der Waals surface area contributed by atoms with E-state index in [9.17, 15) is 19.5 Å². The minimum absolute atomic E-state index is 0.0651. The molecule has 1 heterocycles. The molecular formula is C11H17N3O4. The molecule has 1 rings (SSSR count). The summed E-state index contributed by atoms with van der Waals surface area (Å²) in [5.41, 5.74) is -1.61. The van der Waals surface area contributed by atoms with E-state index in [0.29, 0.717) is 12.3 Å². The highest BCUT2D eigenvalue weighted by Crippen LogP contribution is 2.03. The number of carbonyl (C=O) groups excluding carboxylic acids is 1. The van der Waals surface area contributed by atoms with Gasteiger partial charge < -0.3 is 15.4 Å². The number of aliphatic hydroxyl groups excluding tert-OH is 1. The second-order valence-corrected chi connectivity index (χ2v) is 4.48. The highest BCUT2D eigenvalue weighted by atomic mass is 16.3. The monoisotopic (exact) mass is 255 g/mol. The van der Waals surface area contributed by atoms with Crippen molar-refractivity contribution >= 4 is 5.91 Å². The summed E-state index contributed by atoms with van der Waals surface area (Å²) >= 11 is 0. The first kappa shape index (κ1) is 14.2. The molecule has 0 saturated carbocycles. The molecule has 4 N–H and O–H groups in total. The van der Waals surface area contributed by atoms with Gasteiger partial charge in [0.15, 0.2) is 0 Å². The lowest BCUT2D eigenvalue weighted by Gasteiger charge is -2.13. The van der Waals surface area contributed by atoms with Crippen molar-refractivity contribution in [3.63, 3.8) is 0 Å². The summed E-state index contributed by atoms with van der Waals surface area (Å²) in [5.74, 6) is -0.316. The van der Waals surface area contributed by atoms with E-state index in [-0.39, 0.29) is 12.1 Å². The second kappa shape index (κ2) is 6.15. The van der Waals surface area contributed by atoms with Crippen molar-refractivity contribution in [2.24, 2.45) is 5.92 Å². The van der Waals surface area contributed by atoms with Crippen LogP contribution in [0.25, 0.3) is 0 Å². The average molecular weight is 255 g/mol. The Morgan fingerprint density at radius 3 is 2.67 bits per heavy atom. The number of H-pyrrole nitrogens is 2. The fourth-order valence-corrected chi connectivity index (χ4v) is 1.51. The van der Waals surface area contributed by atoms with Crippen molar-refractivity contribution in [1.29, 1.82) is 0 Å². The Hall–Kier alpha value is -1.89. The van der Waals surface area contributed by atoms with Crippen LogP contribution in [-0.4, -0.2) is 33.6 Å². The number of carbonyl (C=O) groups is 1. The summed E-state index contributed by atoms with van der Waals surface area (Å²) in [6.45, 7) is 3.98. The van der Waals surface area contributed by atoms with E-state index >= 15 is 0 Å². The lowest BCUT2D eigenvalue weighted by Crippen LogP contribution is -2.37. The summed E-state index contributed by atoms with van der Waals surface area (Å²) in [4.78, 5) is 37.8. The van der Waals surface area contributed by atoms with Crippen LogP contribution >= 0.6 is 0 Å². The van der Waals surface area contributed by atoms with Gasteiger partial charge in [0.05, 0.1) is 6.10 Å². The third-order valence-electron chi connectivity index (χ3n) is 2.31. The molecular weight excluding hydrogens is 238 g/mol. The quantitative estimate of drug-likeness (QED) is 0.551. The number of aromatic amines is 2. The molecule has 0 aliphatic heterocycles. The summed E-state index contributed by atoms with van der Waals surface area (Å²) in [7, 11) is 0. The van der Waals surface area contributed by atoms with Crippen molar-refractivity contribution in [3.8, 4) is 0 Å². The predicted octanol–water partition coefficient (Wildman–Crippen LogP) is -0.800. The number of aliphatic hydroxyl groups is 1. The molecule has 0 aliphatic carbocycles. The van der Waals surface area contributed by atoms with Crippen molar-refractivity contribution in [2.75, 3.05) is 6.54 Å². The van der Waals surface area contributed by atoms with E-state index in [2.05, 4.69) is 10.3 Å². The molecule has 0 aromatic carbocycles. The predicted molar refractivity (Wildman–Crippen MR) is 65.5 cm³/mol. The van der Waals surface area contributed by atoms with Crippen molar-refractivity contribution in [3.05, 3.63) is 32.6 Å². The minimum Gasteiger partial charge on any atom is -0.391 e.